The minimum Gasteiger partial charge on any atom is -0.481 e. The fourth-order valence-electron chi connectivity index (χ4n) is 2.32. The van der Waals surface area contributed by atoms with Crippen LogP contribution < -0.4 is 0 Å². The molecule has 1 aliphatic heterocycles. The van der Waals surface area contributed by atoms with Gasteiger partial charge in [-0.3, -0.25) is 9.69 Å². The molecule has 118 valence electrons. The van der Waals surface area contributed by atoms with Gasteiger partial charge in [-0.05, 0) is 6.42 Å². The Morgan fingerprint density at radius 2 is 2.10 bits per heavy atom. The van der Waals surface area contributed by atoms with Crippen molar-refractivity contribution in [2.24, 2.45) is 0 Å². The Morgan fingerprint density at radius 1 is 1.33 bits per heavy atom. The smallest absolute Gasteiger partial charge is 0.313 e. The summed E-state index contributed by atoms with van der Waals surface area (Å²) < 4.78 is 7.39. The molecule has 1 saturated heterocycles. The average Bonchev–Trinajstić information content (AvgIpc) is 2.88. The Labute approximate surface area is 128 Å². The lowest BCUT2D eigenvalue weighted by Gasteiger charge is -2.26. The van der Waals surface area contributed by atoms with E-state index in [2.05, 4.69) is 15.1 Å². The van der Waals surface area contributed by atoms with E-state index in [1.165, 1.54) is 11.8 Å². The van der Waals surface area contributed by atoms with Gasteiger partial charge in [-0.1, -0.05) is 18.7 Å². The molecule has 1 fully saturated rings. The monoisotopic (exact) mass is 314 g/mol. The summed E-state index contributed by atoms with van der Waals surface area (Å²) in [5.74, 6) is 0.108. The van der Waals surface area contributed by atoms with Crippen LogP contribution in [0.3, 0.4) is 0 Å². The van der Waals surface area contributed by atoms with Crippen molar-refractivity contribution in [1.29, 1.82) is 0 Å². The first-order valence-corrected chi connectivity index (χ1v) is 8.26. The molecule has 0 aromatic carbocycles. The van der Waals surface area contributed by atoms with Gasteiger partial charge in [0.1, 0.15) is 5.82 Å². The van der Waals surface area contributed by atoms with Crippen molar-refractivity contribution in [3.05, 3.63) is 5.82 Å². The summed E-state index contributed by atoms with van der Waals surface area (Å²) in [6.07, 6.45) is 1.81. The van der Waals surface area contributed by atoms with E-state index in [0.29, 0.717) is 5.16 Å². The largest absolute Gasteiger partial charge is 0.481 e. The van der Waals surface area contributed by atoms with Crippen LogP contribution in [0.2, 0.25) is 0 Å². The molecule has 1 aromatic rings. The lowest BCUT2D eigenvalue weighted by molar-refractivity contribution is -0.133. The molecular weight excluding hydrogens is 292 g/mol. The van der Waals surface area contributed by atoms with Crippen molar-refractivity contribution in [1.82, 2.24) is 19.7 Å². The molecule has 1 aliphatic rings. The van der Waals surface area contributed by atoms with E-state index in [0.717, 1.165) is 58.1 Å². The Balaban J connectivity index is 1.87. The molecule has 8 heteroatoms. The maximum Gasteiger partial charge on any atom is 0.313 e. The molecule has 0 bridgehead atoms. The Bertz CT molecular complexity index is 460. The van der Waals surface area contributed by atoms with Gasteiger partial charge in [0, 0.05) is 32.6 Å². The fourth-order valence-corrected chi connectivity index (χ4v) is 3.02. The number of hydrogen-bond acceptors (Lipinski definition) is 6. The molecule has 0 spiro atoms. The molecular formula is C13H22N4O3S. The third-order valence-electron chi connectivity index (χ3n) is 3.39. The number of ether oxygens (including phenoxy) is 1. The van der Waals surface area contributed by atoms with Crippen LogP contribution >= 0.6 is 11.8 Å². The van der Waals surface area contributed by atoms with E-state index in [-0.39, 0.29) is 5.75 Å². The third-order valence-corrected chi connectivity index (χ3v) is 4.35. The van der Waals surface area contributed by atoms with Crippen LogP contribution in [-0.4, -0.2) is 69.3 Å². The van der Waals surface area contributed by atoms with E-state index in [1.807, 2.05) is 11.5 Å². The molecule has 2 heterocycles. The number of aromatic nitrogens is 3. The molecule has 1 N–H and O–H groups in total. The molecule has 0 saturated carbocycles. The van der Waals surface area contributed by atoms with E-state index >= 15 is 0 Å². The fraction of sp³-hybridized carbons (Fsp3) is 0.769. The molecule has 1 aromatic heterocycles. The second kappa shape index (κ2) is 8.35. The summed E-state index contributed by atoms with van der Waals surface area (Å²) in [5.41, 5.74) is 0. The number of aliphatic carboxylic acids is 1. The van der Waals surface area contributed by atoms with Crippen LogP contribution in [0.1, 0.15) is 19.2 Å². The Hall–Kier alpha value is -1.12. The average molecular weight is 314 g/mol. The van der Waals surface area contributed by atoms with Crippen LogP contribution in [0.15, 0.2) is 5.16 Å². The molecule has 0 amide bonds. The van der Waals surface area contributed by atoms with Crippen molar-refractivity contribution in [3.63, 3.8) is 0 Å². The van der Waals surface area contributed by atoms with Crippen LogP contribution in [0.25, 0.3) is 0 Å². The second-order valence-corrected chi connectivity index (χ2v) is 5.84. The van der Waals surface area contributed by atoms with E-state index in [1.54, 1.807) is 0 Å². The number of thioether (sulfide) groups is 1. The predicted octanol–water partition coefficient (Wildman–Crippen LogP) is 0.740. The molecule has 0 unspecified atom stereocenters. The van der Waals surface area contributed by atoms with Gasteiger partial charge in [0.25, 0.3) is 0 Å². The highest BCUT2D eigenvalue weighted by Crippen LogP contribution is 2.17. The molecule has 0 aliphatic carbocycles. The SMILES string of the molecule is CCc1nnc(SCC(=O)O)n1CCCN1CCOCC1. The van der Waals surface area contributed by atoms with Gasteiger partial charge >= 0.3 is 5.97 Å². The van der Waals surface area contributed by atoms with Crippen LogP contribution in [0.4, 0.5) is 0 Å². The van der Waals surface area contributed by atoms with Crippen molar-refractivity contribution in [2.75, 3.05) is 38.6 Å². The zero-order chi connectivity index (χ0) is 15.1. The second-order valence-electron chi connectivity index (χ2n) is 4.89. The van der Waals surface area contributed by atoms with Gasteiger partial charge in [-0.25, -0.2) is 0 Å². The lowest BCUT2D eigenvalue weighted by Crippen LogP contribution is -2.37. The first-order chi connectivity index (χ1) is 10.2. The van der Waals surface area contributed by atoms with Gasteiger partial charge in [0.15, 0.2) is 5.16 Å². The zero-order valence-electron chi connectivity index (χ0n) is 12.3. The third kappa shape index (κ3) is 4.98. The normalized spacial score (nSPS) is 16.2. The molecule has 0 atom stereocenters. The van der Waals surface area contributed by atoms with Gasteiger partial charge < -0.3 is 14.4 Å². The van der Waals surface area contributed by atoms with Crippen molar-refractivity contribution >= 4 is 17.7 Å². The standard InChI is InChI=1S/C13H22N4O3S/c1-2-11-14-15-13(21-10-12(18)19)17(11)5-3-4-16-6-8-20-9-7-16/h2-10H2,1H3,(H,18,19). The van der Waals surface area contributed by atoms with Crippen molar-refractivity contribution in [3.8, 4) is 0 Å². The van der Waals surface area contributed by atoms with Gasteiger partial charge in [0.05, 0.1) is 19.0 Å². The highest BCUT2D eigenvalue weighted by Gasteiger charge is 2.14. The van der Waals surface area contributed by atoms with Gasteiger partial charge in [0.2, 0.25) is 0 Å². The lowest BCUT2D eigenvalue weighted by atomic mass is 10.3. The van der Waals surface area contributed by atoms with Crippen LogP contribution in [0, 0.1) is 0 Å². The first kappa shape index (κ1) is 16.3. The number of aryl methyl sites for hydroxylation is 1. The Morgan fingerprint density at radius 3 is 2.76 bits per heavy atom. The number of morpholine rings is 1. The maximum atomic E-state index is 10.7. The molecule has 7 nitrogen and oxygen atoms in total. The minimum absolute atomic E-state index is 0.0192. The van der Waals surface area contributed by atoms with Gasteiger partial charge in [-0.2, -0.15) is 0 Å². The van der Waals surface area contributed by atoms with Crippen LogP contribution in [-0.2, 0) is 22.5 Å². The summed E-state index contributed by atoms with van der Waals surface area (Å²) >= 11 is 1.23. The quantitative estimate of drug-likeness (QED) is 0.709. The number of carboxylic acid groups (broad SMARTS) is 1. The van der Waals surface area contributed by atoms with E-state index < -0.39 is 5.97 Å². The van der Waals surface area contributed by atoms with E-state index in [9.17, 15) is 4.79 Å². The van der Waals surface area contributed by atoms with Gasteiger partial charge in [-0.15, -0.1) is 10.2 Å². The summed E-state index contributed by atoms with van der Waals surface area (Å²) in [6, 6.07) is 0. The van der Waals surface area contributed by atoms with Crippen molar-refractivity contribution < 1.29 is 14.6 Å². The topological polar surface area (TPSA) is 80.5 Å². The number of nitrogens with zero attached hydrogens (tertiary/aromatic N) is 4. The number of rotatable bonds is 8. The number of carbonyl (C=O) groups is 1. The predicted molar refractivity (Wildman–Crippen MR) is 79.6 cm³/mol. The van der Waals surface area contributed by atoms with Crippen LogP contribution in [0.5, 0.6) is 0 Å². The minimum atomic E-state index is -0.832. The summed E-state index contributed by atoms with van der Waals surface area (Å²) in [5, 5.41) is 17.7. The van der Waals surface area contributed by atoms with E-state index in [4.69, 9.17) is 9.84 Å². The molecule has 2 rings (SSSR count). The Kier molecular flexibility index (Phi) is 6.47. The molecule has 0 radical (unpaired) electrons. The highest BCUT2D eigenvalue weighted by molar-refractivity contribution is 7.99. The summed E-state index contributed by atoms with van der Waals surface area (Å²) in [7, 11) is 0. The number of hydrogen-bond donors (Lipinski definition) is 1. The maximum absolute atomic E-state index is 10.7. The summed E-state index contributed by atoms with van der Waals surface area (Å²) in [6.45, 7) is 7.49. The molecule has 21 heavy (non-hydrogen) atoms. The summed E-state index contributed by atoms with van der Waals surface area (Å²) in [4.78, 5) is 13.1. The zero-order valence-corrected chi connectivity index (χ0v) is 13.1. The number of carboxylic acids is 1. The van der Waals surface area contributed by atoms with Crippen molar-refractivity contribution in [2.45, 2.75) is 31.5 Å². The first-order valence-electron chi connectivity index (χ1n) is 7.27. The highest BCUT2D eigenvalue weighted by atomic mass is 32.2.